The first kappa shape index (κ1) is 16.6. The highest BCUT2D eigenvalue weighted by atomic mass is 16.2. The van der Waals surface area contributed by atoms with Crippen LogP contribution in [-0.2, 0) is 9.59 Å². The molecule has 2 amide bonds. The summed E-state index contributed by atoms with van der Waals surface area (Å²) in [7, 11) is 0. The van der Waals surface area contributed by atoms with Crippen LogP contribution in [0.2, 0.25) is 0 Å². The van der Waals surface area contributed by atoms with Crippen molar-refractivity contribution in [3.63, 3.8) is 0 Å². The second-order valence-corrected chi connectivity index (χ2v) is 6.38. The van der Waals surface area contributed by atoms with Crippen LogP contribution in [0, 0.1) is 11.8 Å². The van der Waals surface area contributed by atoms with Crippen molar-refractivity contribution in [2.24, 2.45) is 22.0 Å². The average Bonchev–Trinajstić information content (AvgIpc) is 2.52. The van der Waals surface area contributed by atoms with Gasteiger partial charge < -0.3 is 0 Å². The van der Waals surface area contributed by atoms with E-state index in [4.69, 9.17) is 0 Å². The van der Waals surface area contributed by atoms with Crippen molar-refractivity contribution < 1.29 is 9.59 Å². The highest BCUT2D eigenvalue weighted by Crippen LogP contribution is 2.21. The summed E-state index contributed by atoms with van der Waals surface area (Å²) >= 11 is 0. The first-order valence-electron chi connectivity index (χ1n) is 8.31. The molecule has 0 radical (unpaired) electrons. The third-order valence-electron chi connectivity index (χ3n) is 4.59. The Balaban J connectivity index is 1.83. The minimum absolute atomic E-state index is 0.375. The first-order valence-corrected chi connectivity index (χ1v) is 8.31. The van der Waals surface area contributed by atoms with E-state index >= 15 is 0 Å². The molecule has 2 fully saturated rings. The molecule has 2 rings (SSSR count). The maximum Gasteiger partial charge on any atom is 0.331 e. The van der Waals surface area contributed by atoms with Crippen LogP contribution >= 0.6 is 0 Å². The molecular weight excluding hydrogens is 280 g/mol. The van der Waals surface area contributed by atoms with Gasteiger partial charge in [-0.25, -0.2) is 10.9 Å². The van der Waals surface area contributed by atoms with Crippen LogP contribution in [0.3, 0.4) is 0 Å². The van der Waals surface area contributed by atoms with E-state index in [1.54, 1.807) is 0 Å². The van der Waals surface area contributed by atoms with E-state index in [9.17, 15) is 9.59 Å². The Hall–Kier alpha value is -1.72. The summed E-state index contributed by atoms with van der Waals surface area (Å²) in [5, 5.41) is 8.21. The van der Waals surface area contributed by atoms with Gasteiger partial charge in [0.25, 0.3) is 0 Å². The van der Waals surface area contributed by atoms with Gasteiger partial charge in [-0.1, -0.05) is 26.7 Å². The Kier molecular flexibility index (Phi) is 6.10. The molecule has 2 atom stereocenters. The molecule has 6 nitrogen and oxygen atoms in total. The number of carbonyl (C=O) groups excluding carboxylic acids is 2. The summed E-state index contributed by atoms with van der Waals surface area (Å²) in [6.45, 7) is 4.20. The lowest BCUT2D eigenvalue weighted by Crippen LogP contribution is -2.37. The fourth-order valence-electron chi connectivity index (χ4n) is 3.02. The zero-order chi connectivity index (χ0) is 15.9. The van der Waals surface area contributed by atoms with Gasteiger partial charge in [-0.05, 0) is 50.4 Å². The smallest absolute Gasteiger partial charge is 0.262 e. The van der Waals surface area contributed by atoms with E-state index in [2.05, 4.69) is 34.9 Å². The molecule has 22 heavy (non-hydrogen) atoms. The number of amides is 2. The summed E-state index contributed by atoms with van der Waals surface area (Å²) in [5.74, 6) is -0.753. The number of nitrogens with zero attached hydrogens (tertiary/aromatic N) is 2. The summed E-state index contributed by atoms with van der Waals surface area (Å²) in [6.07, 6.45) is 8.55. The summed E-state index contributed by atoms with van der Waals surface area (Å²) in [5.41, 5.74) is 6.64. The van der Waals surface area contributed by atoms with Crippen LogP contribution in [0.1, 0.15) is 65.2 Å². The number of hydrazone groups is 2. The van der Waals surface area contributed by atoms with Crippen molar-refractivity contribution in [2.75, 3.05) is 0 Å². The maximum absolute atomic E-state index is 11.7. The monoisotopic (exact) mass is 306 g/mol. The van der Waals surface area contributed by atoms with Gasteiger partial charge in [0.1, 0.15) is 0 Å². The summed E-state index contributed by atoms with van der Waals surface area (Å²) in [6, 6.07) is 0. The number of nitrogens with one attached hydrogen (secondary N) is 2. The van der Waals surface area contributed by atoms with Gasteiger partial charge >= 0.3 is 11.8 Å². The Morgan fingerprint density at radius 2 is 1.23 bits per heavy atom. The molecule has 2 aliphatic rings. The van der Waals surface area contributed by atoms with Crippen LogP contribution in [-0.4, -0.2) is 23.2 Å². The lowest BCUT2D eigenvalue weighted by molar-refractivity contribution is -0.139. The fourth-order valence-corrected chi connectivity index (χ4v) is 3.02. The summed E-state index contributed by atoms with van der Waals surface area (Å²) in [4.78, 5) is 23.5. The average molecular weight is 306 g/mol. The molecule has 0 saturated heterocycles. The highest BCUT2D eigenvalue weighted by molar-refractivity contribution is 6.35. The third kappa shape index (κ3) is 4.64. The van der Waals surface area contributed by atoms with E-state index in [0.717, 1.165) is 49.9 Å². The van der Waals surface area contributed by atoms with Crippen molar-refractivity contribution in [1.29, 1.82) is 0 Å². The van der Waals surface area contributed by atoms with E-state index < -0.39 is 11.8 Å². The topological polar surface area (TPSA) is 82.9 Å². The normalized spacial score (nSPS) is 29.4. The van der Waals surface area contributed by atoms with Crippen molar-refractivity contribution in [2.45, 2.75) is 65.2 Å². The minimum Gasteiger partial charge on any atom is -0.262 e. The molecule has 6 heteroatoms. The lowest BCUT2D eigenvalue weighted by Gasteiger charge is -2.20. The van der Waals surface area contributed by atoms with Crippen LogP contribution < -0.4 is 10.9 Å². The van der Waals surface area contributed by atoms with Crippen molar-refractivity contribution in [3.05, 3.63) is 0 Å². The zero-order valence-electron chi connectivity index (χ0n) is 13.5. The van der Waals surface area contributed by atoms with Gasteiger partial charge in [0, 0.05) is 11.4 Å². The molecule has 2 aliphatic carbocycles. The molecule has 0 aromatic rings. The number of rotatable bonds is 2. The summed E-state index contributed by atoms with van der Waals surface area (Å²) < 4.78 is 0. The minimum atomic E-state index is -0.752. The molecule has 0 aromatic heterocycles. The second-order valence-electron chi connectivity index (χ2n) is 6.38. The molecule has 0 heterocycles. The Bertz CT molecular complexity index is 441. The van der Waals surface area contributed by atoms with Crippen molar-refractivity contribution in [1.82, 2.24) is 10.9 Å². The van der Waals surface area contributed by atoms with Crippen molar-refractivity contribution >= 4 is 23.2 Å². The Morgan fingerprint density at radius 1 is 0.818 bits per heavy atom. The van der Waals surface area contributed by atoms with E-state index in [-0.39, 0.29) is 0 Å². The molecule has 0 unspecified atom stereocenters. The van der Waals surface area contributed by atoms with Gasteiger partial charge in [0.2, 0.25) is 0 Å². The highest BCUT2D eigenvalue weighted by Gasteiger charge is 2.19. The van der Waals surface area contributed by atoms with Gasteiger partial charge in [-0.2, -0.15) is 10.2 Å². The largest absolute Gasteiger partial charge is 0.331 e. The van der Waals surface area contributed by atoms with Crippen LogP contribution in [0.15, 0.2) is 10.2 Å². The zero-order valence-corrected chi connectivity index (χ0v) is 13.5. The first-order chi connectivity index (χ1) is 10.6. The van der Waals surface area contributed by atoms with Crippen LogP contribution in [0.4, 0.5) is 0 Å². The second kappa shape index (κ2) is 8.06. The molecule has 122 valence electrons. The number of hydrogen-bond acceptors (Lipinski definition) is 4. The van der Waals surface area contributed by atoms with E-state index in [1.165, 1.54) is 12.8 Å². The van der Waals surface area contributed by atoms with Gasteiger partial charge in [0.15, 0.2) is 0 Å². The quantitative estimate of drug-likeness (QED) is 0.606. The molecule has 2 saturated carbocycles. The number of carbonyl (C=O) groups is 2. The predicted octanol–water partition coefficient (Wildman–Crippen LogP) is 2.35. The standard InChI is InChI=1S/C16H26N4O2/c1-11-7-3-5-9-13(11)17-19-15(21)16(22)20-18-14-10-6-4-8-12(14)2/h11-12H,3-10H2,1-2H3,(H,19,21)(H,20,22)/b17-13+,18-14+/t11-,12+. The predicted molar refractivity (Wildman–Crippen MR) is 86.4 cm³/mol. The Morgan fingerprint density at radius 3 is 1.59 bits per heavy atom. The maximum atomic E-state index is 11.7. The van der Waals surface area contributed by atoms with Gasteiger partial charge in [-0.3, -0.25) is 9.59 Å². The van der Waals surface area contributed by atoms with E-state index in [1.807, 2.05) is 0 Å². The molecule has 0 aromatic carbocycles. The van der Waals surface area contributed by atoms with Crippen molar-refractivity contribution in [3.8, 4) is 0 Å². The van der Waals surface area contributed by atoms with Crippen LogP contribution in [0.25, 0.3) is 0 Å². The molecule has 2 N–H and O–H groups in total. The van der Waals surface area contributed by atoms with E-state index in [0.29, 0.717) is 11.8 Å². The van der Waals surface area contributed by atoms with Gasteiger partial charge in [0.05, 0.1) is 0 Å². The molecule has 0 spiro atoms. The van der Waals surface area contributed by atoms with Crippen LogP contribution in [0.5, 0.6) is 0 Å². The molecule has 0 aliphatic heterocycles. The SMILES string of the molecule is C[C@@H]1CCCC/C1=N\NC(=O)C(=O)N/N=C1\CCCC[C@@H]1C. The molecular formula is C16H26N4O2. The number of hydrogen-bond donors (Lipinski definition) is 2. The third-order valence-corrected chi connectivity index (χ3v) is 4.59. The Labute approximate surface area is 131 Å². The fraction of sp³-hybridized carbons (Fsp3) is 0.750. The lowest BCUT2D eigenvalue weighted by atomic mass is 9.89. The molecule has 0 bridgehead atoms. The van der Waals surface area contributed by atoms with Gasteiger partial charge in [-0.15, -0.1) is 0 Å².